The van der Waals surface area contributed by atoms with E-state index in [4.69, 9.17) is 11.6 Å². The van der Waals surface area contributed by atoms with Gasteiger partial charge in [0.25, 0.3) is 0 Å². The van der Waals surface area contributed by atoms with Crippen molar-refractivity contribution in [1.29, 1.82) is 0 Å². The van der Waals surface area contributed by atoms with Gasteiger partial charge < -0.3 is 10.6 Å². The number of nitrogens with zero attached hydrogens (tertiary/aromatic N) is 2. The van der Waals surface area contributed by atoms with Crippen LogP contribution in [0.3, 0.4) is 0 Å². The molecule has 1 aromatic heterocycles. The average Bonchev–Trinajstić information content (AvgIpc) is 3.10. The number of halogens is 2. The van der Waals surface area contributed by atoms with Gasteiger partial charge >= 0.3 is 6.03 Å². The van der Waals surface area contributed by atoms with Crippen molar-refractivity contribution in [1.82, 2.24) is 15.1 Å². The molecule has 2 aromatic carbocycles. The molecule has 1 heterocycles. The zero-order valence-corrected chi connectivity index (χ0v) is 14.0. The molecule has 2 amide bonds. The van der Waals surface area contributed by atoms with E-state index in [0.717, 1.165) is 17.2 Å². The molecular formula is C18H16ClFN4O. The van der Waals surface area contributed by atoms with Gasteiger partial charge in [0.1, 0.15) is 5.82 Å². The molecule has 0 radical (unpaired) electrons. The zero-order chi connectivity index (χ0) is 17.6. The highest BCUT2D eigenvalue weighted by atomic mass is 35.5. The van der Waals surface area contributed by atoms with Crippen LogP contribution in [0.5, 0.6) is 0 Å². The van der Waals surface area contributed by atoms with Crippen LogP contribution < -0.4 is 10.6 Å². The van der Waals surface area contributed by atoms with Crippen molar-refractivity contribution in [2.45, 2.75) is 13.1 Å². The third kappa shape index (κ3) is 4.58. The lowest BCUT2D eigenvalue weighted by molar-refractivity contribution is 0.251. The van der Waals surface area contributed by atoms with Crippen molar-refractivity contribution in [2.75, 3.05) is 5.32 Å². The van der Waals surface area contributed by atoms with E-state index in [9.17, 15) is 9.18 Å². The minimum atomic E-state index is -0.582. The summed E-state index contributed by atoms with van der Waals surface area (Å²) in [6, 6.07) is 13.2. The number of aromatic nitrogens is 2. The molecule has 0 aliphatic rings. The van der Waals surface area contributed by atoms with E-state index in [1.54, 1.807) is 6.20 Å². The Labute approximate surface area is 149 Å². The first-order valence-corrected chi connectivity index (χ1v) is 8.04. The van der Waals surface area contributed by atoms with Crippen molar-refractivity contribution in [3.05, 3.63) is 82.9 Å². The Kier molecular flexibility index (Phi) is 5.30. The molecule has 0 spiro atoms. The molecule has 128 valence electrons. The van der Waals surface area contributed by atoms with Gasteiger partial charge in [-0.05, 0) is 35.4 Å². The fraction of sp³-hybridized carbons (Fsp3) is 0.111. The van der Waals surface area contributed by atoms with Crippen LogP contribution in [0, 0.1) is 5.82 Å². The number of carbonyl (C=O) groups is 1. The molecule has 0 bridgehead atoms. The molecule has 5 nitrogen and oxygen atoms in total. The van der Waals surface area contributed by atoms with Crippen LogP contribution in [0.4, 0.5) is 14.9 Å². The van der Waals surface area contributed by atoms with Crippen molar-refractivity contribution < 1.29 is 9.18 Å². The second-order valence-corrected chi connectivity index (χ2v) is 5.84. The first kappa shape index (κ1) is 17.0. The van der Waals surface area contributed by atoms with Crippen molar-refractivity contribution in [2.24, 2.45) is 0 Å². The highest BCUT2D eigenvalue weighted by Crippen LogP contribution is 2.18. The third-order valence-electron chi connectivity index (χ3n) is 3.63. The average molecular weight is 359 g/mol. The molecule has 3 aromatic rings. The number of urea groups is 1. The fourth-order valence-electron chi connectivity index (χ4n) is 2.39. The van der Waals surface area contributed by atoms with Crippen LogP contribution in [-0.2, 0) is 13.1 Å². The van der Waals surface area contributed by atoms with Gasteiger partial charge in [-0.2, -0.15) is 5.10 Å². The molecular weight excluding hydrogens is 343 g/mol. The van der Waals surface area contributed by atoms with E-state index < -0.39 is 11.8 Å². The van der Waals surface area contributed by atoms with Gasteiger partial charge in [0.15, 0.2) is 0 Å². The number of rotatable bonds is 5. The molecule has 3 rings (SSSR count). The quantitative estimate of drug-likeness (QED) is 0.723. The Hall–Kier alpha value is -2.86. The Morgan fingerprint density at radius 2 is 1.96 bits per heavy atom. The maximum absolute atomic E-state index is 13.7. The molecule has 7 heteroatoms. The zero-order valence-electron chi connectivity index (χ0n) is 13.2. The number of anilines is 1. The Bertz CT molecular complexity index is 867. The number of hydrogen-bond acceptors (Lipinski definition) is 2. The molecule has 0 unspecified atom stereocenters. The number of amides is 2. The molecule has 0 saturated carbocycles. The lowest BCUT2D eigenvalue weighted by Crippen LogP contribution is -2.29. The van der Waals surface area contributed by atoms with Crippen LogP contribution in [0.15, 0.2) is 60.9 Å². The van der Waals surface area contributed by atoms with E-state index >= 15 is 0 Å². The minimum absolute atomic E-state index is 0.0757. The van der Waals surface area contributed by atoms with Gasteiger partial charge in [-0.3, -0.25) is 4.68 Å². The van der Waals surface area contributed by atoms with Gasteiger partial charge in [0.2, 0.25) is 0 Å². The van der Waals surface area contributed by atoms with Crippen molar-refractivity contribution >= 4 is 23.3 Å². The summed E-state index contributed by atoms with van der Waals surface area (Å²) in [5.74, 6) is -0.582. The first-order valence-electron chi connectivity index (χ1n) is 7.66. The van der Waals surface area contributed by atoms with Crippen LogP contribution >= 0.6 is 11.6 Å². The van der Waals surface area contributed by atoms with Gasteiger partial charge in [-0.25, -0.2) is 9.18 Å². The Morgan fingerprint density at radius 1 is 1.16 bits per heavy atom. The van der Waals surface area contributed by atoms with E-state index in [1.807, 2.05) is 41.2 Å². The SMILES string of the molecule is O=C(NCc1ccccc1Cn1cccn1)Nc1ccc(Cl)cc1F. The van der Waals surface area contributed by atoms with Gasteiger partial charge in [-0.15, -0.1) is 0 Å². The summed E-state index contributed by atoms with van der Waals surface area (Å²) in [4.78, 5) is 12.0. The first-order chi connectivity index (χ1) is 12.1. The molecule has 25 heavy (non-hydrogen) atoms. The monoisotopic (exact) mass is 358 g/mol. The normalized spacial score (nSPS) is 10.5. The maximum Gasteiger partial charge on any atom is 0.319 e. The second-order valence-electron chi connectivity index (χ2n) is 5.40. The molecule has 0 aliphatic carbocycles. The van der Waals surface area contributed by atoms with Crippen LogP contribution in [0.1, 0.15) is 11.1 Å². The predicted molar refractivity (Wildman–Crippen MR) is 95.0 cm³/mol. The number of nitrogens with one attached hydrogen (secondary N) is 2. The Balaban J connectivity index is 1.62. The molecule has 0 fully saturated rings. The van der Waals surface area contributed by atoms with E-state index in [0.29, 0.717) is 13.1 Å². The topological polar surface area (TPSA) is 59.0 Å². The summed E-state index contributed by atoms with van der Waals surface area (Å²) in [6.07, 6.45) is 3.59. The molecule has 0 atom stereocenters. The van der Waals surface area contributed by atoms with Gasteiger partial charge in [0.05, 0.1) is 12.2 Å². The fourth-order valence-corrected chi connectivity index (χ4v) is 2.54. The van der Waals surface area contributed by atoms with Crippen LogP contribution in [0.25, 0.3) is 0 Å². The van der Waals surface area contributed by atoms with Crippen molar-refractivity contribution in [3.63, 3.8) is 0 Å². The third-order valence-corrected chi connectivity index (χ3v) is 3.86. The van der Waals surface area contributed by atoms with Gasteiger partial charge in [-0.1, -0.05) is 35.9 Å². The van der Waals surface area contributed by atoms with E-state index in [1.165, 1.54) is 12.1 Å². The predicted octanol–water partition coefficient (Wildman–Crippen LogP) is 4.05. The summed E-state index contributed by atoms with van der Waals surface area (Å²) < 4.78 is 15.5. The molecule has 2 N–H and O–H groups in total. The lowest BCUT2D eigenvalue weighted by Gasteiger charge is -2.12. The maximum atomic E-state index is 13.7. The second kappa shape index (κ2) is 7.81. The number of hydrogen-bond donors (Lipinski definition) is 2. The van der Waals surface area contributed by atoms with E-state index in [-0.39, 0.29) is 10.7 Å². The van der Waals surface area contributed by atoms with Crippen LogP contribution in [-0.4, -0.2) is 15.8 Å². The van der Waals surface area contributed by atoms with E-state index in [2.05, 4.69) is 15.7 Å². The molecule has 0 saturated heterocycles. The highest BCUT2D eigenvalue weighted by Gasteiger charge is 2.09. The number of carbonyl (C=O) groups excluding carboxylic acids is 1. The standard InChI is InChI=1S/C18H16ClFN4O/c19-15-6-7-17(16(20)10-15)23-18(25)21-11-13-4-1-2-5-14(13)12-24-9-3-8-22-24/h1-10H,11-12H2,(H2,21,23,25). The van der Waals surface area contributed by atoms with Crippen LogP contribution in [0.2, 0.25) is 5.02 Å². The van der Waals surface area contributed by atoms with Crippen molar-refractivity contribution in [3.8, 4) is 0 Å². The molecule has 0 aliphatic heterocycles. The smallest absolute Gasteiger partial charge is 0.319 e. The van der Waals surface area contributed by atoms with Gasteiger partial charge in [0, 0.05) is 24.0 Å². The lowest BCUT2D eigenvalue weighted by atomic mass is 10.1. The highest BCUT2D eigenvalue weighted by molar-refractivity contribution is 6.30. The largest absolute Gasteiger partial charge is 0.334 e. The Morgan fingerprint density at radius 3 is 2.68 bits per heavy atom. The summed E-state index contributed by atoms with van der Waals surface area (Å²) in [5, 5.41) is 9.66. The summed E-state index contributed by atoms with van der Waals surface area (Å²) in [6.45, 7) is 0.927. The minimum Gasteiger partial charge on any atom is -0.334 e. The summed E-state index contributed by atoms with van der Waals surface area (Å²) in [5.41, 5.74) is 2.08. The summed E-state index contributed by atoms with van der Waals surface area (Å²) in [7, 11) is 0. The summed E-state index contributed by atoms with van der Waals surface area (Å²) >= 11 is 5.69. The number of benzene rings is 2.